The van der Waals surface area contributed by atoms with E-state index in [1.165, 1.54) is 11.3 Å². The highest BCUT2D eigenvalue weighted by Crippen LogP contribution is 2.37. The fourth-order valence-corrected chi connectivity index (χ4v) is 3.98. The van der Waals surface area contributed by atoms with Gasteiger partial charge in [0.05, 0.1) is 16.6 Å². The molecule has 2 heterocycles. The van der Waals surface area contributed by atoms with Crippen molar-refractivity contribution in [2.75, 3.05) is 6.79 Å². The highest BCUT2D eigenvalue weighted by molar-refractivity contribution is 7.16. The number of ether oxygens (including phenoxy) is 2. The summed E-state index contributed by atoms with van der Waals surface area (Å²) in [5, 5.41) is 0. The van der Waals surface area contributed by atoms with Crippen molar-refractivity contribution < 1.29 is 14.3 Å². The highest BCUT2D eigenvalue weighted by atomic mass is 32.1. The van der Waals surface area contributed by atoms with Gasteiger partial charge in [0.15, 0.2) is 16.3 Å². The van der Waals surface area contributed by atoms with Gasteiger partial charge < -0.3 is 14.0 Å². The van der Waals surface area contributed by atoms with E-state index < -0.39 is 0 Å². The van der Waals surface area contributed by atoms with Crippen molar-refractivity contribution in [1.82, 2.24) is 4.57 Å². The third-order valence-electron chi connectivity index (χ3n) is 4.04. The molecule has 0 unspecified atom stereocenters. The van der Waals surface area contributed by atoms with Crippen molar-refractivity contribution >= 4 is 27.5 Å². The number of hydrogen-bond donors (Lipinski definition) is 0. The third kappa shape index (κ3) is 3.17. The van der Waals surface area contributed by atoms with E-state index in [2.05, 4.69) is 16.5 Å². The quantitative estimate of drug-likeness (QED) is 0.720. The highest BCUT2D eigenvalue weighted by Gasteiger charge is 2.17. The first-order chi connectivity index (χ1) is 12.2. The minimum absolute atomic E-state index is 0.136. The molecule has 0 aliphatic carbocycles. The van der Waals surface area contributed by atoms with Gasteiger partial charge in [-0.25, -0.2) is 0 Å². The van der Waals surface area contributed by atoms with Crippen molar-refractivity contribution in [3.63, 3.8) is 0 Å². The van der Waals surface area contributed by atoms with Crippen LogP contribution < -0.4 is 14.3 Å². The van der Waals surface area contributed by atoms with Crippen LogP contribution in [0, 0.1) is 0 Å². The van der Waals surface area contributed by atoms with E-state index in [9.17, 15) is 4.79 Å². The lowest BCUT2D eigenvalue weighted by atomic mass is 10.1. The molecule has 0 fully saturated rings. The van der Waals surface area contributed by atoms with Gasteiger partial charge in [-0.1, -0.05) is 48.6 Å². The molecule has 0 saturated heterocycles. The van der Waals surface area contributed by atoms with Crippen LogP contribution in [0.5, 0.6) is 11.5 Å². The second-order valence-corrected chi connectivity index (χ2v) is 6.89. The lowest BCUT2D eigenvalue weighted by Gasteiger charge is -2.03. The number of nitrogens with zero attached hydrogens (tertiary/aromatic N) is 2. The van der Waals surface area contributed by atoms with Gasteiger partial charge >= 0.3 is 0 Å². The molecule has 1 aromatic heterocycles. The first-order valence-corrected chi connectivity index (χ1v) is 9.10. The van der Waals surface area contributed by atoms with Gasteiger partial charge in [0.2, 0.25) is 6.79 Å². The van der Waals surface area contributed by atoms with Crippen LogP contribution in [0.4, 0.5) is 0 Å². The molecule has 0 saturated carbocycles. The Hall–Kier alpha value is -2.60. The normalized spacial score (nSPS) is 13.6. The van der Waals surface area contributed by atoms with Crippen molar-refractivity contribution in [3.8, 4) is 11.5 Å². The number of thiazole rings is 1. The second-order valence-electron chi connectivity index (χ2n) is 5.88. The summed E-state index contributed by atoms with van der Waals surface area (Å²) in [6.45, 7) is 3.17. The molecule has 1 aliphatic heterocycles. The summed E-state index contributed by atoms with van der Waals surface area (Å²) in [5.74, 6) is 1.36. The Bertz CT molecular complexity index is 989. The first kappa shape index (κ1) is 15.9. The van der Waals surface area contributed by atoms with Crippen LogP contribution in [0.3, 0.4) is 0 Å². The molecular formula is C19H18N2O3S. The Morgan fingerprint density at radius 2 is 1.96 bits per heavy atom. The first-order valence-electron chi connectivity index (χ1n) is 8.29. The number of fused-ring (bicyclic) bond motifs is 2. The largest absolute Gasteiger partial charge is 0.454 e. The number of aryl methyl sites for hydroxylation is 1. The molecule has 0 bridgehead atoms. The molecule has 4 rings (SSSR count). The summed E-state index contributed by atoms with van der Waals surface area (Å²) >= 11 is 1.51. The van der Waals surface area contributed by atoms with E-state index in [1.807, 2.05) is 42.5 Å². The van der Waals surface area contributed by atoms with Crippen LogP contribution in [-0.2, 0) is 17.8 Å². The lowest BCUT2D eigenvalue weighted by molar-refractivity contribution is -0.117. The van der Waals surface area contributed by atoms with Crippen molar-refractivity contribution in [2.45, 2.75) is 26.3 Å². The molecule has 1 amide bonds. The number of carbonyl (C=O) groups is 1. The number of rotatable bonds is 4. The molecule has 2 aromatic carbocycles. The van der Waals surface area contributed by atoms with E-state index >= 15 is 0 Å². The summed E-state index contributed by atoms with van der Waals surface area (Å²) < 4.78 is 14.1. The SMILES string of the molecule is CCCn1c(=NC(=O)Cc2ccccc2)sc2cc3c(cc21)OCO3. The van der Waals surface area contributed by atoms with Crippen molar-refractivity contribution in [1.29, 1.82) is 0 Å². The zero-order valence-corrected chi connectivity index (χ0v) is 14.7. The maximum atomic E-state index is 12.4. The van der Waals surface area contributed by atoms with Crippen molar-refractivity contribution in [3.05, 3.63) is 52.8 Å². The zero-order chi connectivity index (χ0) is 17.2. The Morgan fingerprint density at radius 3 is 2.72 bits per heavy atom. The molecule has 0 N–H and O–H groups in total. The average Bonchev–Trinajstić information content (AvgIpc) is 3.18. The summed E-state index contributed by atoms with van der Waals surface area (Å²) in [6, 6.07) is 13.6. The predicted octanol–water partition coefficient (Wildman–Crippen LogP) is 3.51. The van der Waals surface area contributed by atoms with Gasteiger partial charge in [0.25, 0.3) is 5.91 Å². The molecule has 0 radical (unpaired) electrons. The second kappa shape index (κ2) is 6.72. The molecule has 0 spiro atoms. The molecule has 6 heteroatoms. The monoisotopic (exact) mass is 354 g/mol. The molecule has 3 aromatic rings. The number of carbonyl (C=O) groups excluding carboxylic acids is 1. The Kier molecular flexibility index (Phi) is 4.28. The van der Waals surface area contributed by atoms with Gasteiger partial charge in [-0.2, -0.15) is 4.99 Å². The minimum Gasteiger partial charge on any atom is -0.454 e. The molecule has 25 heavy (non-hydrogen) atoms. The maximum Gasteiger partial charge on any atom is 0.252 e. The topological polar surface area (TPSA) is 52.8 Å². The van der Waals surface area contributed by atoms with Gasteiger partial charge in [0, 0.05) is 18.7 Å². The summed E-state index contributed by atoms with van der Waals surface area (Å²) in [4.78, 5) is 17.5. The zero-order valence-electron chi connectivity index (χ0n) is 13.9. The van der Waals surface area contributed by atoms with E-state index in [-0.39, 0.29) is 12.7 Å². The molecule has 128 valence electrons. The Balaban J connectivity index is 1.75. The smallest absolute Gasteiger partial charge is 0.252 e. The van der Waals surface area contributed by atoms with Gasteiger partial charge in [-0.15, -0.1) is 0 Å². The standard InChI is InChI=1S/C19H18N2O3S/c1-2-8-21-14-10-15-16(24-12-23-15)11-17(14)25-19(21)20-18(22)9-13-6-4-3-5-7-13/h3-7,10-11H,2,8-9,12H2,1H3. The fraction of sp³-hybridized carbons (Fsp3) is 0.263. The van der Waals surface area contributed by atoms with Crippen LogP contribution in [0.25, 0.3) is 10.2 Å². The van der Waals surface area contributed by atoms with E-state index in [4.69, 9.17) is 9.47 Å². The molecule has 1 aliphatic rings. The summed E-state index contributed by atoms with van der Waals surface area (Å²) in [7, 11) is 0. The third-order valence-corrected chi connectivity index (χ3v) is 5.08. The predicted molar refractivity (Wildman–Crippen MR) is 96.9 cm³/mol. The van der Waals surface area contributed by atoms with Crippen LogP contribution in [-0.4, -0.2) is 17.3 Å². The van der Waals surface area contributed by atoms with E-state index in [1.54, 1.807) is 0 Å². The number of benzene rings is 2. The number of amides is 1. The van der Waals surface area contributed by atoms with E-state index in [0.29, 0.717) is 6.42 Å². The average molecular weight is 354 g/mol. The number of aromatic nitrogens is 1. The van der Waals surface area contributed by atoms with Crippen LogP contribution >= 0.6 is 11.3 Å². The van der Waals surface area contributed by atoms with Gasteiger partial charge in [0.1, 0.15) is 0 Å². The summed E-state index contributed by atoms with van der Waals surface area (Å²) in [5.41, 5.74) is 2.00. The molecular weight excluding hydrogens is 336 g/mol. The molecule has 5 nitrogen and oxygen atoms in total. The van der Waals surface area contributed by atoms with Crippen LogP contribution in [0.15, 0.2) is 47.5 Å². The maximum absolute atomic E-state index is 12.4. The lowest BCUT2D eigenvalue weighted by Crippen LogP contribution is -2.17. The molecule has 0 atom stereocenters. The van der Waals surface area contributed by atoms with Gasteiger partial charge in [-0.05, 0) is 12.0 Å². The van der Waals surface area contributed by atoms with Crippen molar-refractivity contribution in [2.24, 2.45) is 4.99 Å². The Labute approximate surface area is 149 Å². The minimum atomic E-state index is -0.136. The summed E-state index contributed by atoms with van der Waals surface area (Å²) in [6.07, 6.45) is 1.27. The number of hydrogen-bond acceptors (Lipinski definition) is 4. The van der Waals surface area contributed by atoms with Crippen LogP contribution in [0.2, 0.25) is 0 Å². The Morgan fingerprint density at radius 1 is 1.20 bits per heavy atom. The fourth-order valence-electron chi connectivity index (χ4n) is 2.90. The van der Waals surface area contributed by atoms with Gasteiger partial charge in [-0.3, -0.25) is 4.79 Å². The van der Waals surface area contributed by atoms with E-state index in [0.717, 1.165) is 45.0 Å². The van der Waals surface area contributed by atoms with Crippen LogP contribution in [0.1, 0.15) is 18.9 Å².